The molecule has 5 heteroatoms. The highest BCUT2D eigenvalue weighted by molar-refractivity contribution is 5.85. The summed E-state index contributed by atoms with van der Waals surface area (Å²) in [7, 11) is 0. The Balaban J connectivity index is 0.00000169. The van der Waals surface area contributed by atoms with Crippen LogP contribution in [-0.2, 0) is 11.2 Å². The van der Waals surface area contributed by atoms with Crippen molar-refractivity contribution in [2.24, 2.45) is 11.3 Å². The minimum Gasteiger partial charge on any atom is -0.339 e. The number of nitrogens with one attached hydrogen (secondary N) is 1. The molecule has 24 heavy (non-hydrogen) atoms. The van der Waals surface area contributed by atoms with E-state index in [1.165, 1.54) is 6.07 Å². The normalized spacial score (nSPS) is 24.3. The van der Waals surface area contributed by atoms with Crippen LogP contribution in [-0.4, -0.2) is 36.5 Å². The lowest BCUT2D eigenvalue weighted by Gasteiger charge is -2.27. The molecule has 1 heterocycles. The van der Waals surface area contributed by atoms with Crippen molar-refractivity contribution in [3.63, 3.8) is 0 Å². The molecular weight excluding hydrogens is 327 g/mol. The zero-order valence-corrected chi connectivity index (χ0v) is 14.8. The first-order valence-corrected chi connectivity index (χ1v) is 8.94. The number of rotatable bonds is 5. The van der Waals surface area contributed by atoms with Gasteiger partial charge in [0.2, 0.25) is 5.91 Å². The molecule has 3 nitrogen and oxygen atoms in total. The van der Waals surface area contributed by atoms with E-state index in [0.717, 1.165) is 63.7 Å². The lowest BCUT2D eigenvalue weighted by atomic mass is 9.91. The SMILES string of the molecule is Cl.O=C(C1CC12CCNCC2)N(CCc1cccc(F)c1)C1CC1. The average molecular weight is 353 g/mol. The molecule has 1 aromatic rings. The number of hydrogen-bond donors (Lipinski definition) is 1. The van der Waals surface area contributed by atoms with Crippen LogP contribution in [0.25, 0.3) is 0 Å². The molecule has 0 bridgehead atoms. The van der Waals surface area contributed by atoms with E-state index in [9.17, 15) is 9.18 Å². The minimum absolute atomic E-state index is 0. The highest BCUT2D eigenvalue weighted by Gasteiger charge is 2.59. The number of hydrogen-bond acceptors (Lipinski definition) is 2. The Bertz CT molecular complexity index is 599. The summed E-state index contributed by atoms with van der Waals surface area (Å²) < 4.78 is 13.3. The minimum atomic E-state index is -0.192. The monoisotopic (exact) mass is 352 g/mol. The van der Waals surface area contributed by atoms with Crippen molar-refractivity contribution in [2.45, 2.75) is 44.6 Å². The fourth-order valence-electron chi connectivity index (χ4n) is 4.18. The van der Waals surface area contributed by atoms with Crippen molar-refractivity contribution in [3.05, 3.63) is 35.6 Å². The van der Waals surface area contributed by atoms with Gasteiger partial charge >= 0.3 is 0 Å². The van der Waals surface area contributed by atoms with Crippen molar-refractivity contribution >= 4 is 18.3 Å². The highest BCUT2D eigenvalue weighted by atomic mass is 35.5. The van der Waals surface area contributed by atoms with E-state index in [2.05, 4.69) is 10.2 Å². The van der Waals surface area contributed by atoms with Gasteiger partial charge in [-0.15, -0.1) is 12.4 Å². The fraction of sp³-hybridized carbons (Fsp3) is 0.632. The quantitative estimate of drug-likeness (QED) is 0.882. The molecule has 2 aliphatic carbocycles. The number of benzene rings is 1. The Morgan fingerprint density at radius 1 is 1.29 bits per heavy atom. The van der Waals surface area contributed by atoms with Gasteiger partial charge in [-0.2, -0.15) is 0 Å². The number of carbonyl (C=O) groups excluding carboxylic acids is 1. The van der Waals surface area contributed by atoms with Crippen molar-refractivity contribution in [1.82, 2.24) is 10.2 Å². The first kappa shape index (κ1) is 17.7. The van der Waals surface area contributed by atoms with Crippen molar-refractivity contribution < 1.29 is 9.18 Å². The van der Waals surface area contributed by atoms with Crippen molar-refractivity contribution in [1.29, 1.82) is 0 Å². The Kier molecular flexibility index (Phi) is 5.16. The maximum Gasteiger partial charge on any atom is 0.226 e. The van der Waals surface area contributed by atoms with Crippen LogP contribution in [0.5, 0.6) is 0 Å². The summed E-state index contributed by atoms with van der Waals surface area (Å²) in [4.78, 5) is 15.1. The van der Waals surface area contributed by atoms with Gasteiger partial charge < -0.3 is 10.2 Å². The molecule has 1 N–H and O–H groups in total. The second-order valence-electron chi connectivity index (χ2n) is 7.51. The number of nitrogens with zero attached hydrogens (tertiary/aromatic N) is 1. The summed E-state index contributed by atoms with van der Waals surface area (Å²) >= 11 is 0. The first-order valence-electron chi connectivity index (χ1n) is 8.94. The smallest absolute Gasteiger partial charge is 0.226 e. The molecule has 1 aliphatic heterocycles. The maximum absolute atomic E-state index is 13.3. The van der Waals surface area contributed by atoms with E-state index >= 15 is 0 Å². The molecule has 3 fully saturated rings. The molecule has 1 spiro atoms. The van der Waals surface area contributed by atoms with Gasteiger partial charge in [0.25, 0.3) is 0 Å². The highest BCUT2D eigenvalue weighted by Crippen LogP contribution is 2.59. The van der Waals surface area contributed by atoms with Crippen LogP contribution in [0.2, 0.25) is 0 Å². The third-order valence-electron chi connectivity index (χ3n) is 5.89. The van der Waals surface area contributed by atoms with Gasteiger partial charge in [-0.05, 0) is 74.7 Å². The van der Waals surface area contributed by atoms with Crippen molar-refractivity contribution in [2.75, 3.05) is 19.6 Å². The summed E-state index contributed by atoms with van der Waals surface area (Å²) in [6.45, 7) is 2.84. The topological polar surface area (TPSA) is 32.3 Å². The Hall–Kier alpha value is -1.13. The van der Waals surface area contributed by atoms with E-state index in [1.54, 1.807) is 12.1 Å². The molecule has 0 aromatic heterocycles. The summed E-state index contributed by atoms with van der Waals surface area (Å²) in [5.74, 6) is 0.422. The molecule has 1 amide bonds. The molecule has 0 radical (unpaired) electrons. The van der Waals surface area contributed by atoms with Crippen LogP contribution < -0.4 is 5.32 Å². The maximum atomic E-state index is 13.3. The van der Waals surface area contributed by atoms with Gasteiger partial charge in [0.15, 0.2) is 0 Å². The zero-order valence-electron chi connectivity index (χ0n) is 14.0. The molecule has 132 valence electrons. The summed E-state index contributed by atoms with van der Waals surface area (Å²) in [5, 5.41) is 3.40. The second kappa shape index (κ2) is 7.01. The van der Waals surface area contributed by atoms with Gasteiger partial charge in [-0.3, -0.25) is 4.79 Å². The van der Waals surface area contributed by atoms with Gasteiger partial charge in [0.1, 0.15) is 5.82 Å². The Morgan fingerprint density at radius 3 is 2.71 bits per heavy atom. The molecule has 1 atom stereocenters. The molecule has 1 saturated heterocycles. The number of halogens is 2. The van der Waals surface area contributed by atoms with Crippen molar-refractivity contribution in [3.8, 4) is 0 Å². The van der Waals surface area contributed by atoms with E-state index in [4.69, 9.17) is 0 Å². The molecular formula is C19H26ClFN2O. The van der Waals surface area contributed by atoms with Gasteiger partial charge in [-0.25, -0.2) is 4.39 Å². The van der Waals surface area contributed by atoms with E-state index < -0.39 is 0 Å². The third-order valence-corrected chi connectivity index (χ3v) is 5.89. The fourth-order valence-corrected chi connectivity index (χ4v) is 4.18. The Morgan fingerprint density at radius 2 is 2.04 bits per heavy atom. The van der Waals surface area contributed by atoms with E-state index in [0.29, 0.717) is 17.4 Å². The number of piperidine rings is 1. The average Bonchev–Trinajstić information content (AvgIpc) is 3.46. The predicted molar refractivity (Wildman–Crippen MR) is 94.7 cm³/mol. The third kappa shape index (κ3) is 3.60. The number of amides is 1. The van der Waals surface area contributed by atoms with E-state index in [-0.39, 0.29) is 24.1 Å². The molecule has 4 rings (SSSR count). The van der Waals surface area contributed by atoms with Crippen LogP contribution in [0, 0.1) is 17.2 Å². The van der Waals surface area contributed by atoms with Gasteiger partial charge in [0, 0.05) is 18.5 Å². The predicted octanol–water partition coefficient (Wildman–Crippen LogP) is 3.17. The van der Waals surface area contributed by atoms with E-state index in [1.807, 2.05) is 6.07 Å². The van der Waals surface area contributed by atoms with Crippen LogP contribution in [0.4, 0.5) is 4.39 Å². The summed E-state index contributed by atoms with van der Waals surface area (Å²) in [5.41, 5.74) is 1.28. The van der Waals surface area contributed by atoms with Crippen LogP contribution in [0.15, 0.2) is 24.3 Å². The van der Waals surface area contributed by atoms with Crippen LogP contribution >= 0.6 is 12.4 Å². The largest absolute Gasteiger partial charge is 0.339 e. The lowest BCUT2D eigenvalue weighted by molar-refractivity contribution is -0.134. The summed E-state index contributed by atoms with van der Waals surface area (Å²) in [6, 6.07) is 7.19. The summed E-state index contributed by atoms with van der Waals surface area (Å²) in [6.07, 6.45) is 6.39. The Labute approximate surface area is 149 Å². The second-order valence-corrected chi connectivity index (χ2v) is 7.51. The molecule has 3 aliphatic rings. The number of carbonyl (C=O) groups is 1. The van der Waals surface area contributed by atoms with Gasteiger partial charge in [-0.1, -0.05) is 12.1 Å². The zero-order chi connectivity index (χ0) is 15.9. The van der Waals surface area contributed by atoms with Crippen LogP contribution in [0.3, 0.4) is 0 Å². The molecule has 1 aromatic carbocycles. The first-order chi connectivity index (χ1) is 11.2. The lowest BCUT2D eigenvalue weighted by Crippen LogP contribution is -2.39. The van der Waals surface area contributed by atoms with Gasteiger partial charge in [0.05, 0.1) is 0 Å². The molecule has 1 unspecified atom stereocenters. The molecule has 2 saturated carbocycles. The standard InChI is InChI=1S/C19H25FN2O.ClH/c20-15-3-1-2-14(12-15)6-11-22(16-4-5-16)18(23)17-13-19(17)7-9-21-10-8-19;/h1-3,12,16-17,21H,4-11,13H2;1H. The van der Waals surface area contributed by atoms with Crippen LogP contribution in [0.1, 0.15) is 37.7 Å².